The van der Waals surface area contributed by atoms with Crippen molar-refractivity contribution in [2.24, 2.45) is 0 Å². The van der Waals surface area contributed by atoms with Crippen molar-refractivity contribution in [2.45, 2.75) is 6.54 Å². The number of nitrogens with zero attached hydrogens (tertiary/aromatic N) is 1. The Morgan fingerprint density at radius 1 is 1.24 bits per heavy atom. The van der Waals surface area contributed by atoms with Gasteiger partial charge >= 0.3 is 0 Å². The van der Waals surface area contributed by atoms with Gasteiger partial charge in [0, 0.05) is 18.8 Å². The first-order chi connectivity index (χ1) is 8.25. The molecule has 0 saturated carbocycles. The van der Waals surface area contributed by atoms with Gasteiger partial charge in [0.05, 0.1) is 0 Å². The molecule has 1 aromatic heterocycles. The molecule has 86 valence electrons. The molecule has 1 heterocycles. The molecule has 0 radical (unpaired) electrons. The summed E-state index contributed by atoms with van der Waals surface area (Å²) in [6, 6.07) is 11.5. The minimum atomic E-state index is -0.168. The summed E-state index contributed by atoms with van der Waals surface area (Å²) in [5.41, 5.74) is 0.974. The van der Waals surface area contributed by atoms with Crippen molar-refractivity contribution in [3.05, 3.63) is 69.4 Å². The minimum absolute atomic E-state index is 0.168. The van der Waals surface area contributed by atoms with Gasteiger partial charge in [-0.3, -0.25) is 9.78 Å². The number of allylic oxidation sites excluding steroid dienone is 1. The van der Waals surface area contributed by atoms with Gasteiger partial charge in [-0.1, -0.05) is 42.5 Å². The highest BCUT2D eigenvalue weighted by Crippen LogP contribution is 2.01. The van der Waals surface area contributed by atoms with Gasteiger partial charge in [-0.2, -0.15) is 0 Å². The van der Waals surface area contributed by atoms with E-state index in [1.54, 1.807) is 10.8 Å². The number of hydrogen-bond donors (Lipinski definition) is 1. The molecule has 1 aromatic carbocycles. The number of hydrogen-bond acceptors (Lipinski definition) is 2. The van der Waals surface area contributed by atoms with Crippen LogP contribution >= 0.6 is 12.2 Å². The third kappa shape index (κ3) is 3.26. The molecule has 0 amide bonds. The monoisotopic (exact) mass is 244 g/mol. The zero-order valence-corrected chi connectivity index (χ0v) is 9.98. The lowest BCUT2D eigenvalue weighted by Gasteiger charge is -2.01. The van der Waals surface area contributed by atoms with E-state index in [0.29, 0.717) is 11.3 Å². The molecule has 0 unspecified atom stereocenters. The van der Waals surface area contributed by atoms with E-state index in [1.807, 2.05) is 42.5 Å². The first-order valence-electron chi connectivity index (χ1n) is 5.27. The van der Waals surface area contributed by atoms with Crippen LogP contribution in [0, 0.1) is 4.77 Å². The van der Waals surface area contributed by atoms with Crippen molar-refractivity contribution in [2.75, 3.05) is 0 Å². The van der Waals surface area contributed by atoms with Crippen molar-refractivity contribution in [1.29, 1.82) is 0 Å². The van der Waals surface area contributed by atoms with Crippen LogP contribution in [0.25, 0.3) is 6.08 Å². The minimum Gasteiger partial charge on any atom is -0.321 e. The van der Waals surface area contributed by atoms with Crippen LogP contribution < -0.4 is 5.56 Å². The zero-order chi connectivity index (χ0) is 12.1. The summed E-state index contributed by atoms with van der Waals surface area (Å²) < 4.78 is 2.24. The van der Waals surface area contributed by atoms with Gasteiger partial charge in [0.2, 0.25) is 0 Å². The number of rotatable bonds is 3. The third-order valence-corrected chi connectivity index (χ3v) is 2.65. The summed E-state index contributed by atoms with van der Waals surface area (Å²) >= 11 is 5.04. The van der Waals surface area contributed by atoms with E-state index >= 15 is 0 Å². The van der Waals surface area contributed by atoms with Gasteiger partial charge in [-0.25, -0.2) is 0 Å². The van der Waals surface area contributed by atoms with Crippen LogP contribution in [-0.4, -0.2) is 9.55 Å². The van der Waals surface area contributed by atoms with Gasteiger partial charge in [-0.05, 0) is 17.8 Å². The molecule has 0 bridgehead atoms. The van der Waals surface area contributed by atoms with Crippen molar-refractivity contribution >= 4 is 18.3 Å². The van der Waals surface area contributed by atoms with Gasteiger partial charge < -0.3 is 4.57 Å². The van der Waals surface area contributed by atoms with Crippen LogP contribution in [0.15, 0.2) is 53.5 Å². The molecular formula is C13H12N2OS. The van der Waals surface area contributed by atoms with Gasteiger partial charge in [0.1, 0.15) is 0 Å². The molecule has 0 aliphatic rings. The summed E-state index contributed by atoms with van der Waals surface area (Å²) in [7, 11) is 0. The normalized spacial score (nSPS) is 10.8. The van der Waals surface area contributed by atoms with Crippen molar-refractivity contribution in [1.82, 2.24) is 9.55 Å². The predicted octanol–water partition coefficient (Wildman–Crippen LogP) is 2.62. The molecule has 2 rings (SSSR count). The van der Waals surface area contributed by atoms with Crippen molar-refractivity contribution in [3.8, 4) is 0 Å². The van der Waals surface area contributed by atoms with Crippen molar-refractivity contribution in [3.63, 3.8) is 0 Å². The van der Waals surface area contributed by atoms with Crippen LogP contribution in [-0.2, 0) is 6.54 Å². The fourth-order valence-electron chi connectivity index (χ4n) is 1.45. The summed E-state index contributed by atoms with van der Waals surface area (Å²) in [4.78, 5) is 13.6. The van der Waals surface area contributed by atoms with E-state index in [2.05, 4.69) is 4.98 Å². The standard InChI is InChI=1S/C13H12N2OS/c16-12-8-10-15(13(17)14-12)9-4-7-11-5-2-1-3-6-11/h1-8,10H,9H2,(H,14,16,17)/b7-4+. The van der Waals surface area contributed by atoms with Gasteiger partial charge in [0.15, 0.2) is 4.77 Å². The Hall–Kier alpha value is -1.94. The summed E-state index contributed by atoms with van der Waals surface area (Å²) in [5, 5.41) is 0. The highest BCUT2D eigenvalue weighted by atomic mass is 32.1. The van der Waals surface area contributed by atoms with Crippen LogP contribution in [0.2, 0.25) is 0 Å². The second-order valence-electron chi connectivity index (χ2n) is 3.58. The quantitative estimate of drug-likeness (QED) is 0.843. The molecule has 17 heavy (non-hydrogen) atoms. The molecule has 2 aromatic rings. The Kier molecular flexibility index (Phi) is 3.67. The number of nitrogens with one attached hydrogen (secondary N) is 1. The molecule has 1 N–H and O–H groups in total. The maximum atomic E-state index is 11.0. The van der Waals surface area contributed by atoms with E-state index in [-0.39, 0.29) is 5.56 Å². The Labute approximate surface area is 104 Å². The Morgan fingerprint density at radius 2 is 2.00 bits per heavy atom. The lowest BCUT2D eigenvalue weighted by atomic mass is 10.2. The first-order valence-corrected chi connectivity index (χ1v) is 5.68. The summed E-state index contributed by atoms with van der Waals surface area (Å²) in [5.74, 6) is 0. The smallest absolute Gasteiger partial charge is 0.251 e. The van der Waals surface area contributed by atoms with E-state index in [1.165, 1.54) is 6.07 Å². The number of H-pyrrole nitrogens is 1. The van der Waals surface area contributed by atoms with E-state index < -0.39 is 0 Å². The molecule has 0 aliphatic carbocycles. The highest BCUT2D eigenvalue weighted by Gasteiger charge is 1.90. The summed E-state index contributed by atoms with van der Waals surface area (Å²) in [6.45, 7) is 0.643. The molecule has 0 atom stereocenters. The molecule has 3 nitrogen and oxygen atoms in total. The molecule has 0 spiro atoms. The van der Waals surface area contributed by atoms with Crippen LogP contribution in [0.1, 0.15) is 5.56 Å². The fourth-order valence-corrected chi connectivity index (χ4v) is 1.69. The van der Waals surface area contributed by atoms with Gasteiger partial charge in [-0.15, -0.1) is 0 Å². The molecule has 0 fully saturated rings. The Morgan fingerprint density at radius 3 is 2.71 bits per heavy atom. The molecular weight excluding hydrogens is 232 g/mol. The number of aromatic nitrogens is 2. The first kappa shape index (κ1) is 11.5. The highest BCUT2D eigenvalue weighted by molar-refractivity contribution is 7.71. The predicted molar refractivity (Wildman–Crippen MR) is 71.4 cm³/mol. The average Bonchev–Trinajstić information content (AvgIpc) is 2.33. The van der Waals surface area contributed by atoms with Crippen LogP contribution in [0.4, 0.5) is 0 Å². The second kappa shape index (κ2) is 5.41. The fraction of sp³-hybridized carbons (Fsp3) is 0.0769. The molecule has 0 aliphatic heterocycles. The molecule has 4 heteroatoms. The summed E-state index contributed by atoms with van der Waals surface area (Å²) in [6.07, 6.45) is 5.72. The maximum Gasteiger partial charge on any atom is 0.251 e. The van der Waals surface area contributed by atoms with E-state index in [4.69, 9.17) is 12.2 Å². The number of benzene rings is 1. The third-order valence-electron chi connectivity index (χ3n) is 2.31. The molecule has 0 saturated heterocycles. The van der Waals surface area contributed by atoms with E-state index in [9.17, 15) is 4.79 Å². The SMILES string of the molecule is O=c1ccn(C/C=C/c2ccccc2)c(=S)[nH]1. The Balaban J connectivity index is 2.10. The largest absolute Gasteiger partial charge is 0.321 e. The van der Waals surface area contributed by atoms with Gasteiger partial charge in [0.25, 0.3) is 5.56 Å². The van der Waals surface area contributed by atoms with Crippen LogP contribution in [0.3, 0.4) is 0 Å². The lowest BCUT2D eigenvalue weighted by Crippen LogP contribution is -2.10. The number of aromatic amines is 1. The topological polar surface area (TPSA) is 37.8 Å². The average molecular weight is 244 g/mol. The van der Waals surface area contributed by atoms with Crippen LogP contribution in [0.5, 0.6) is 0 Å². The maximum absolute atomic E-state index is 11.0. The lowest BCUT2D eigenvalue weighted by molar-refractivity contribution is 0.764. The van der Waals surface area contributed by atoms with E-state index in [0.717, 1.165) is 5.56 Å². The van der Waals surface area contributed by atoms with Crippen molar-refractivity contribution < 1.29 is 0 Å². The second-order valence-corrected chi connectivity index (χ2v) is 3.96. The Bertz CT molecular complexity index is 626. The zero-order valence-electron chi connectivity index (χ0n) is 9.17.